The molecule has 0 saturated carbocycles. The fraction of sp³-hybridized carbons (Fsp3) is 0.385. The van der Waals surface area contributed by atoms with E-state index in [0.29, 0.717) is 22.1 Å². The highest BCUT2D eigenvalue weighted by atomic mass is 16.5. The van der Waals surface area contributed by atoms with Crippen LogP contribution in [0.3, 0.4) is 0 Å². The van der Waals surface area contributed by atoms with Crippen LogP contribution in [0.2, 0.25) is 0 Å². The lowest BCUT2D eigenvalue weighted by atomic mass is 10.2. The van der Waals surface area contributed by atoms with Gasteiger partial charge in [-0.15, -0.1) is 0 Å². The van der Waals surface area contributed by atoms with Crippen LogP contribution in [0.1, 0.15) is 11.1 Å². The minimum absolute atomic E-state index is 0.281. The largest absolute Gasteiger partial charge is 0.457 e. The van der Waals surface area contributed by atoms with Gasteiger partial charge in [0.15, 0.2) is 0 Å². The van der Waals surface area contributed by atoms with Crippen LogP contribution in [0, 0.1) is 0 Å². The molecule has 0 atom stereocenters. The van der Waals surface area contributed by atoms with E-state index in [0.717, 1.165) is 25.2 Å². The fourth-order valence-electron chi connectivity index (χ4n) is 3.33. The Balaban J connectivity index is 1.64. The van der Waals surface area contributed by atoms with Crippen molar-refractivity contribution in [2.45, 2.75) is 13.1 Å². The first-order valence-electron chi connectivity index (χ1n) is 10.9. The summed E-state index contributed by atoms with van der Waals surface area (Å²) in [6.45, 7) is 3.60. The van der Waals surface area contributed by atoms with Gasteiger partial charge in [-0.1, -0.05) is 60.7 Å². The number of carbonyl (C=O) groups excluding carboxylic acids is 2. The van der Waals surface area contributed by atoms with Gasteiger partial charge < -0.3 is 18.4 Å². The first kappa shape index (κ1) is 25.3. The van der Waals surface area contributed by atoms with E-state index < -0.39 is 11.9 Å². The monoisotopic (exact) mass is 440 g/mol. The van der Waals surface area contributed by atoms with Gasteiger partial charge >= 0.3 is 11.9 Å². The Kier molecular flexibility index (Phi) is 9.62. The summed E-state index contributed by atoms with van der Waals surface area (Å²) in [5.74, 6) is -1.08. The van der Waals surface area contributed by atoms with Crippen LogP contribution >= 0.6 is 0 Å². The summed E-state index contributed by atoms with van der Waals surface area (Å²) in [6.07, 6.45) is 2.26. The topological polar surface area (TPSA) is 52.6 Å². The quantitative estimate of drug-likeness (QED) is 0.289. The summed E-state index contributed by atoms with van der Waals surface area (Å²) in [4.78, 5) is 23.8. The van der Waals surface area contributed by atoms with E-state index in [4.69, 9.17) is 9.47 Å². The average molecular weight is 441 g/mol. The van der Waals surface area contributed by atoms with Gasteiger partial charge in [0.2, 0.25) is 0 Å². The molecule has 172 valence electrons. The zero-order valence-electron chi connectivity index (χ0n) is 19.7. The van der Waals surface area contributed by atoms with Crippen molar-refractivity contribution in [1.82, 2.24) is 0 Å². The Morgan fingerprint density at radius 3 is 1.34 bits per heavy atom. The van der Waals surface area contributed by atoms with Crippen LogP contribution in [0.4, 0.5) is 0 Å². The lowest BCUT2D eigenvalue weighted by molar-refractivity contribution is -0.903. The van der Waals surface area contributed by atoms with Crippen molar-refractivity contribution >= 4 is 11.9 Å². The first-order valence-corrected chi connectivity index (χ1v) is 10.9. The number of esters is 2. The SMILES string of the molecule is C[N+](C)(CCOC(=O)/C=C\C(=O)OCC[N+](C)(C)Cc1ccccc1)Cc1ccccc1. The fourth-order valence-corrected chi connectivity index (χ4v) is 3.33. The highest BCUT2D eigenvalue weighted by molar-refractivity contribution is 5.91. The van der Waals surface area contributed by atoms with Crippen molar-refractivity contribution < 1.29 is 28.0 Å². The Hall–Kier alpha value is -2.96. The van der Waals surface area contributed by atoms with Crippen molar-refractivity contribution in [2.24, 2.45) is 0 Å². The normalized spacial score (nSPS) is 12.0. The van der Waals surface area contributed by atoms with Crippen LogP contribution in [-0.2, 0) is 32.2 Å². The molecule has 0 aliphatic heterocycles. The molecule has 2 rings (SSSR count). The molecule has 0 N–H and O–H groups in total. The molecule has 0 radical (unpaired) electrons. The van der Waals surface area contributed by atoms with Crippen LogP contribution in [0.25, 0.3) is 0 Å². The van der Waals surface area contributed by atoms with Crippen molar-refractivity contribution in [3.8, 4) is 0 Å². The molecule has 2 aromatic carbocycles. The van der Waals surface area contributed by atoms with Crippen LogP contribution in [0.5, 0.6) is 0 Å². The highest BCUT2D eigenvalue weighted by Crippen LogP contribution is 2.09. The molecule has 0 aliphatic carbocycles. The number of ether oxygens (including phenoxy) is 2. The second-order valence-electron chi connectivity index (χ2n) is 9.27. The zero-order chi connectivity index (χ0) is 23.5. The first-order chi connectivity index (χ1) is 15.2. The summed E-state index contributed by atoms with van der Waals surface area (Å²) in [6, 6.07) is 20.4. The second kappa shape index (κ2) is 12.2. The molecule has 0 bridgehead atoms. The number of benzene rings is 2. The van der Waals surface area contributed by atoms with E-state index in [2.05, 4.69) is 52.5 Å². The Bertz CT molecular complexity index is 804. The third-order valence-corrected chi connectivity index (χ3v) is 5.14. The van der Waals surface area contributed by atoms with Gasteiger partial charge in [0.05, 0.1) is 28.2 Å². The second-order valence-corrected chi connectivity index (χ2v) is 9.27. The molecule has 6 nitrogen and oxygen atoms in total. The summed E-state index contributed by atoms with van der Waals surface area (Å²) < 4.78 is 11.9. The van der Waals surface area contributed by atoms with Crippen molar-refractivity contribution in [1.29, 1.82) is 0 Å². The average Bonchev–Trinajstić information content (AvgIpc) is 2.73. The molecule has 0 aliphatic rings. The van der Waals surface area contributed by atoms with E-state index in [9.17, 15) is 9.59 Å². The van der Waals surface area contributed by atoms with Gasteiger partial charge in [-0.05, 0) is 0 Å². The molecule has 0 unspecified atom stereocenters. The van der Waals surface area contributed by atoms with Gasteiger partial charge in [-0.25, -0.2) is 9.59 Å². The summed E-state index contributed by atoms with van der Waals surface area (Å²) in [7, 11) is 8.36. The Morgan fingerprint density at radius 2 is 1.00 bits per heavy atom. The molecule has 0 amide bonds. The number of rotatable bonds is 12. The van der Waals surface area contributed by atoms with Gasteiger partial charge in [0, 0.05) is 23.3 Å². The van der Waals surface area contributed by atoms with Gasteiger partial charge in [0.1, 0.15) is 39.4 Å². The molecule has 0 heterocycles. The molecule has 0 spiro atoms. The predicted molar refractivity (Wildman–Crippen MR) is 125 cm³/mol. The standard InChI is InChI=1S/C26H36N2O4/c1-27(2,21-23-11-7-5-8-12-23)17-19-31-25(29)15-16-26(30)32-20-18-28(3,4)22-24-13-9-6-10-14-24/h5-16H,17-22H2,1-4H3/q+2/b16-15-. The molecular weight excluding hydrogens is 404 g/mol. The van der Waals surface area contributed by atoms with Crippen molar-refractivity contribution in [2.75, 3.05) is 54.5 Å². The lowest BCUT2D eigenvalue weighted by Gasteiger charge is -2.29. The maximum Gasteiger partial charge on any atom is 0.331 e. The molecule has 0 aromatic heterocycles. The number of carbonyl (C=O) groups is 2. The van der Waals surface area contributed by atoms with Gasteiger partial charge in [-0.3, -0.25) is 0 Å². The highest BCUT2D eigenvalue weighted by Gasteiger charge is 2.17. The van der Waals surface area contributed by atoms with Crippen LogP contribution in [0.15, 0.2) is 72.8 Å². The van der Waals surface area contributed by atoms with Crippen LogP contribution < -0.4 is 0 Å². The number of hydrogen-bond donors (Lipinski definition) is 0. The number of nitrogens with zero attached hydrogens (tertiary/aromatic N) is 2. The van der Waals surface area contributed by atoms with Crippen LogP contribution in [-0.4, -0.2) is 75.4 Å². The van der Waals surface area contributed by atoms with E-state index >= 15 is 0 Å². The number of hydrogen-bond acceptors (Lipinski definition) is 4. The van der Waals surface area contributed by atoms with E-state index in [1.165, 1.54) is 11.1 Å². The van der Waals surface area contributed by atoms with E-state index in [1.54, 1.807) is 0 Å². The van der Waals surface area contributed by atoms with E-state index in [-0.39, 0.29) is 13.2 Å². The van der Waals surface area contributed by atoms with Crippen molar-refractivity contribution in [3.05, 3.63) is 83.9 Å². The zero-order valence-corrected chi connectivity index (χ0v) is 19.7. The summed E-state index contributed by atoms with van der Waals surface area (Å²) >= 11 is 0. The third-order valence-electron chi connectivity index (χ3n) is 5.14. The lowest BCUT2D eigenvalue weighted by Crippen LogP contribution is -2.41. The number of quaternary nitrogens is 2. The predicted octanol–water partition coefficient (Wildman–Crippen LogP) is 3.18. The minimum atomic E-state index is -0.540. The third kappa shape index (κ3) is 10.4. The smallest absolute Gasteiger partial charge is 0.331 e. The minimum Gasteiger partial charge on any atom is -0.457 e. The Morgan fingerprint density at radius 1 is 0.656 bits per heavy atom. The summed E-state index contributed by atoms with van der Waals surface area (Å²) in [5, 5.41) is 0. The van der Waals surface area contributed by atoms with Gasteiger partial charge in [-0.2, -0.15) is 0 Å². The van der Waals surface area contributed by atoms with E-state index in [1.807, 2.05) is 36.4 Å². The molecular formula is C26H36N2O4+2. The van der Waals surface area contributed by atoms with Gasteiger partial charge in [0.25, 0.3) is 0 Å². The molecule has 6 heteroatoms. The van der Waals surface area contributed by atoms with Crippen molar-refractivity contribution in [3.63, 3.8) is 0 Å². The molecule has 2 aromatic rings. The maximum absolute atomic E-state index is 11.9. The molecule has 32 heavy (non-hydrogen) atoms. The molecule has 0 saturated heterocycles. The maximum atomic E-state index is 11.9. The molecule has 0 fully saturated rings. The summed E-state index contributed by atoms with van der Waals surface area (Å²) in [5.41, 5.74) is 2.47. The Labute approximate surface area is 191 Å². The number of likely N-dealkylation sites (N-methyl/N-ethyl adjacent to an activating group) is 2.